The van der Waals surface area contributed by atoms with Crippen molar-refractivity contribution in [2.45, 2.75) is 19.1 Å². The summed E-state index contributed by atoms with van der Waals surface area (Å²) in [7, 11) is 0. The van der Waals surface area contributed by atoms with E-state index in [9.17, 15) is 13.2 Å². The molecular formula is C13H11BrF3NS. The minimum atomic E-state index is -4.33. The quantitative estimate of drug-likeness (QED) is 0.748. The van der Waals surface area contributed by atoms with Crippen LogP contribution in [-0.4, -0.2) is 0 Å². The normalized spacial score (nSPS) is 13.3. The fourth-order valence-electron chi connectivity index (χ4n) is 1.65. The Labute approximate surface area is 121 Å². The summed E-state index contributed by atoms with van der Waals surface area (Å²) >= 11 is 4.83. The van der Waals surface area contributed by atoms with Gasteiger partial charge < -0.3 is 5.32 Å². The van der Waals surface area contributed by atoms with Gasteiger partial charge in [-0.1, -0.05) is 6.07 Å². The SMILES string of the molecule is CC(Nc1cc(C(F)(F)F)ccc1Br)c1cccs1. The molecule has 102 valence electrons. The van der Waals surface area contributed by atoms with Gasteiger partial charge in [0.2, 0.25) is 0 Å². The minimum Gasteiger partial charge on any atom is -0.377 e. The van der Waals surface area contributed by atoms with Crippen LogP contribution in [0.15, 0.2) is 40.2 Å². The van der Waals surface area contributed by atoms with E-state index in [1.165, 1.54) is 6.07 Å². The maximum atomic E-state index is 12.7. The van der Waals surface area contributed by atoms with Crippen LogP contribution < -0.4 is 5.32 Å². The first kappa shape index (κ1) is 14.4. The van der Waals surface area contributed by atoms with Gasteiger partial charge in [-0.05, 0) is 52.5 Å². The zero-order valence-electron chi connectivity index (χ0n) is 9.96. The van der Waals surface area contributed by atoms with E-state index >= 15 is 0 Å². The molecule has 1 N–H and O–H groups in total. The summed E-state index contributed by atoms with van der Waals surface area (Å²) in [6, 6.07) is 7.41. The first-order valence-electron chi connectivity index (χ1n) is 5.54. The Kier molecular flexibility index (Phi) is 4.20. The number of halogens is 4. The molecular weight excluding hydrogens is 339 g/mol. The second-order valence-electron chi connectivity index (χ2n) is 4.07. The van der Waals surface area contributed by atoms with Crippen LogP contribution in [0.3, 0.4) is 0 Å². The molecule has 1 unspecified atom stereocenters. The molecule has 0 aliphatic carbocycles. The number of anilines is 1. The fraction of sp³-hybridized carbons (Fsp3) is 0.231. The van der Waals surface area contributed by atoms with Crippen LogP contribution in [0, 0.1) is 0 Å². The lowest BCUT2D eigenvalue weighted by Crippen LogP contribution is -2.09. The van der Waals surface area contributed by atoms with Gasteiger partial charge in [-0.2, -0.15) is 13.2 Å². The van der Waals surface area contributed by atoms with Crippen molar-refractivity contribution in [3.63, 3.8) is 0 Å². The molecule has 1 aromatic carbocycles. The highest BCUT2D eigenvalue weighted by Crippen LogP contribution is 2.35. The molecule has 6 heteroatoms. The van der Waals surface area contributed by atoms with Crippen molar-refractivity contribution in [2.75, 3.05) is 5.32 Å². The standard InChI is InChI=1S/C13H11BrF3NS/c1-8(12-3-2-6-19-12)18-11-7-9(13(15,16)17)4-5-10(11)14/h2-8,18H,1H3. The molecule has 0 aliphatic heterocycles. The number of alkyl halides is 3. The van der Waals surface area contributed by atoms with Gasteiger partial charge in [-0.15, -0.1) is 11.3 Å². The summed E-state index contributed by atoms with van der Waals surface area (Å²) < 4.78 is 38.6. The summed E-state index contributed by atoms with van der Waals surface area (Å²) in [5, 5.41) is 5.03. The Morgan fingerprint density at radius 3 is 2.58 bits per heavy atom. The van der Waals surface area contributed by atoms with E-state index in [1.807, 2.05) is 24.4 Å². The van der Waals surface area contributed by atoms with Crippen LogP contribution in [0.25, 0.3) is 0 Å². The molecule has 0 spiro atoms. The van der Waals surface area contributed by atoms with Gasteiger partial charge in [-0.25, -0.2) is 0 Å². The first-order chi connectivity index (χ1) is 8.88. The zero-order chi connectivity index (χ0) is 14.0. The van der Waals surface area contributed by atoms with Crippen LogP contribution in [0.2, 0.25) is 0 Å². The number of hydrogen-bond acceptors (Lipinski definition) is 2. The summed E-state index contributed by atoms with van der Waals surface area (Å²) in [6.45, 7) is 1.92. The van der Waals surface area contributed by atoms with Crippen molar-refractivity contribution in [1.29, 1.82) is 0 Å². The van der Waals surface area contributed by atoms with Gasteiger partial charge in [-0.3, -0.25) is 0 Å². The van der Waals surface area contributed by atoms with Crippen molar-refractivity contribution < 1.29 is 13.2 Å². The van der Waals surface area contributed by atoms with E-state index in [-0.39, 0.29) is 6.04 Å². The zero-order valence-corrected chi connectivity index (χ0v) is 12.4. The summed E-state index contributed by atoms with van der Waals surface area (Å²) in [5.74, 6) is 0. The van der Waals surface area contributed by atoms with Gasteiger partial charge in [0, 0.05) is 15.0 Å². The number of benzene rings is 1. The lowest BCUT2D eigenvalue weighted by atomic mass is 10.1. The van der Waals surface area contributed by atoms with Gasteiger partial charge >= 0.3 is 6.18 Å². The number of rotatable bonds is 3. The summed E-state index contributed by atoms with van der Waals surface area (Å²) in [5.41, 5.74) is -0.215. The third-order valence-electron chi connectivity index (χ3n) is 2.64. The average Bonchev–Trinajstić information content (AvgIpc) is 2.84. The molecule has 0 amide bonds. The van der Waals surface area contributed by atoms with Crippen LogP contribution in [-0.2, 0) is 6.18 Å². The highest BCUT2D eigenvalue weighted by Gasteiger charge is 2.31. The van der Waals surface area contributed by atoms with Crippen molar-refractivity contribution in [3.8, 4) is 0 Å². The van der Waals surface area contributed by atoms with Crippen LogP contribution in [0.4, 0.5) is 18.9 Å². The highest BCUT2D eigenvalue weighted by atomic mass is 79.9. The molecule has 0 aliphatic rings. The van der Waals surface area contributed by atoms with Crippen molar-refractivity contribution in [3.05, 3.63) is 50.6 Å². The molecule has 0 radical (unpaired) electrons. The molecule has 19 heavy (non-hydrogen) atoms. The molecule has 0 saturated heterocycles. The lowest BCUT2D eigenvalue weighted by molar-refractivity contribution is -0.137. The van der Waals surface area contributed by atoms with Crippen molar-refractivity contribution in [2.24, 2.45) is 0 Å². The van der Waals surface area contributed by atoms with E-state index in [0.717, 1.165) is 17.0 Å². The predicted octanol–water partition coefficient (Wildman–Crippen LogP) is 5.70. The maximum Gasteiger partial charge on any atom is 0.416 e. The summed E-state index contributed by atoms with van der Waals surface area (Å²) in [6.07, 6.45) is -4.33. The van der Waals surface area contributed by atoms with E-state index in [0.29, 0.717) is 10.2 Å². The molecule has 0 bridgehead atoms. The smallest absolute Gasteiger partial charge is 0.377 e. The third kappa shape index (κ3) is 3.51. The van der Waals surface area contributed by atoms with Crippen LogP contribution in [0.5, 0.6) is 0 Å². The van der Waals surface area contributed by atoms with Crippen molar-refractivity contribution in [1.82, 2.24) is 0 Å². The van der Waals surface area contributed by atoms with Gasteiger partial charge in [0.25, 0.3) is 0 Å². The largest absolute Gasteiger partial charge is 0.416 e. The van der Waals surface area contributed by atoms with E-state index < -0.39 is 11.7 Å². The molecule has 0 fully saturated rings. The van der Waals surface area contributed by atoms with Crippen LogP contribution >= 0.6 is 27.3 Å². The molecule has 1 aromatic heterocycles. The van der Waals surface area contributed by atoms with E-state index in [4.69, 9.17) is 0 Å². The monoisotopic (exact) mass is 349 g/mol. The fourth-order valence-corrected chi connectivity index (χ4v) is 2.75. The molecule has 0 saturated carbocycles. The first-order valence-corrected chi connectivity index (χ1v) is 7.22. The molecule has 2 rings (SSSR count). The molecule has 1 nitrogen and oxygen atoms in total. The summed E-state index contributed by atoms with van der Waals surface area (Å²) in [4.78, 5) is 1.07. The predicted molar refractivity (Wildman–Crippen MR) is 75.5 cm³/mol. The van der Waals surface area contributed by atoms with E-state index in [1.54, 1.807) is 11.3 Å². The Balaban J connectivity index is 2.25. The number of thiophene rings is 1. The molecule has 2 aromatic rings. The molecule has 1 heterocycles. The van der Waals surface area contributed by atoms with Crippen molar-refractivity contribution >= 4 is 33.0 Å². The number of nitrogens with one attached hydrogen (secondary N) is 1. The van der Waals surface area contributed by atoms with E-state index in [2.05, 4.69) is 21.2 Å². The van der Waals surface area contributed by atoms with Crippen LogP contribution in [0.1, 0.15) is 23.4 Å². The Hall–Kier alpha value is -1.01. The topological polar surface area (TPSA) is 12.0 Å². The highest BCUT2D eigenvalue weighted by molar-refractivity contribution is 9.10. The Bertz CT molecular complexity index is 552. The van der Waals surface area contributed by atoms with Gasteiger partial charge in [0.1, 0.15) is 0 Å². The Morgan fingerprint density at radius 1 is 1.26 bits per heavy atom. The Morgan fingerprint density at radius 2 is 2.00 bits per heavy atom. The average molecular weight is 350 g/mol. The second kappa shape index (κ2) is 5.54. The minimum absolute atomic E-state index is 0.0419. The molecule has 1 atom stereocenters. The van der Waals surface area contributed by atoms with Gasteiger partial charge in [0.05, 0.1) is 11.6 Å². The number of hydrogen-bond donors (Lipinski definition) is 1. The maximum absolute atomic E-state index is 12.7. The van der Waals surface area contributed by atoms with Gasteiger partial charge in [0.15, 0.2) is 0 Å². The second-order valence-corrected chi connectivity index (χ2v) is 5.91. The lowest BCUT2D eigenvalue weighted by Gasteiger charge is -2.17. The third-order valence-corrected chi connectivity index (χ3v) is 4.38.